The average Bonchev–Trinajstić information content (AvgIpc) is 2.95. The third kappa shape index (κ3) is 4.27. The lowest BCUT2D eigenvalue weighted by atomic mass is 10.1. The van der Waals surface area contributed by atoms with Crippen LogP contribution in [-0.2, 0) is 11.4 Å². The van der Waals surface area contributed by atoms with Gasteiger partial charge < -0.3 is 4.74 Å². The first-order valence-corrected chi connectivity index (χ1v) is 9.12. The molecule has 0 saturated heterocycles. The van der Waals surface area contributed by atoms with Crippen molar-refractivity contribution in [2.24, 2.45) is 4.99 Å². The van der Waals surface area contributed by atoms with E-state index in [1.807, 2.05) is 66.9 Å². The Kier molecular flexibility index (Phi) is 5.20. The summed E-state index contributed by atoms with van der Waals surface area (Å²) in [5.41, 5.74) is 2.07. The smallest absolute Gasteiger partial charge is 0.285 e. The first-order valence-electron chi connectivity index (χ1n) is 7.08. The maximum absolute atomic E-state index is 11.8. The van der Waals surface area contributed by atoms with Crippen LogP contribution < -0.4 is 4.74 Å². The minimum atomic E-state index is -0.157. The molecule has 2 aromatic rings. The van der Waals surface area contributed by atoms with Crippen LogP contribution in [0.4, 0.5) is 0 Å². The summed E-state index contributed by atoms with van der Waals surface area (Å²) in [6.07, 6.45) is 3.80. The Bertz CT molecular complexity index is 752. The Morgan fingerprint density at radius 1 is 1.13 bits per heavy atom. The van der Waals surface area contributed by atoms with Crippen LogP contribution in [0.2, 0.25) is 0 Å². The van der Waals surface area contributed by atoms with Gasteiger partial charge in [0.2, 0.25) is 0 Å². The van der Waals surface area contributed by atoms with Gasteiger partial charge in [0.15, 0.2) is 0 Å². The lowest BCUT2D eigenvalue weighted by Crippen LogP contribution is -1.95. The lowest BCUT2D eigenvalue weighted by Gasteiger charge is -2.06. The topological polar surface area (TPSA) is 38.7 Å². The summed E-state index contributed by atoms with van der Waals surface area (Å²) in [6, 6.07) is 17.7. The molecule has 3 rings (SSSR count). The van der Waals surface area contributed by atoms with Crippen molar-refractivity contribution in [1.29, 1.82) is 0 Å². The van der Waals surface area contributed by atoms with E-state index in [0.29, 0.717) is 11.5 Å². The SMILES string of the molecule is CSC1=NC(=O)/C(=C/c2ccc(COc3ccccc3)cc2)S1. The molecule has 0 spiro atoms. The fourth-order valence-electron chi connectivity index (χ4n) is 2.02. The Balaban J connectivity index is 1.63. The second kappa shape index (κ2) is 7.53. The van der Waals surface area contributed by atoms with Gasteiger partial charge in [-0.05, 0) is 35.6 Å². The molecule has 1 aliphatic heterocycles. The second-order valence-electron chi connectivity index (χ2n) is 4.84. The molecule has 116 valence electrons. The molecule has 3 nitrogen and oxygen atoms in total. The number of ether oxygens (including phenoxy) is 1. The highest BCUT2D eigenvalue weighted by Gasteiger charge is 2.20. The van der Waals surface area contributed by atoms with Gasteiger partial charge in [0.1, 0.15) is 16.7 Å². The van der Waals surface area contributed by atoms with E-state index in [0.717, 1.165) is 21.3 Å². The minimum absolute atomic E-state index is 0.157. The van der Waals surface area contributed by atoms with Crippen molar-refractivity contribution in [3.05, 3.63) is 70.6 Å². The molecule has 0 unspecified atom stereocenters. The molecule has 1 amide bonds. The van der Waals surface area contributed by atoms with Gasteiger partial charge in [-0.15, -0.1) is 11.8 Å². The first-order chi connectivity index (χ1) is 11.2. The lowest BCUT2D eigenvalue weighted by molar-refractivity contribution is -0.113. The van der Waals surface area contributed by atoms with Crippen molar-refractivity contribution in [3.63, 3.8) is 0 Å². The summed E-state index contributed by atoms with van der Waals surface area (Å²) in [7, 11) is 0. The number of carbonyl (C=O) groups is 1. The molecule has 0 N–H and O–H groups in total. The van der Waals surface area contributed by atoms with E-state index >= 15 is 0 Å². The van der Waals surface area contributed by atoms with Crippen LogP contribution in [-0.4, -0.2) is 16.5 Å². The molecular weight excluding hydrogens is 326 g/mol. The number of para-hydroxylation sites is 1. The van der Waals surface area contributed by atoms with Gasteiger partial charge in [-0.1, -0.05) is 54.2 Å². The maximum Gasteiger partial charge on any atom is 0.285 e. The normalized spacial score (nSPS) is 15.8. The molecule has 23 heavy (non-hydrogen) atoms. The van der Waals surface area contributed by atoms with Crippen LogP contribution in [0.5, 0.6) is 5.75 Å². The molecule has 2 aromatic carbocycles. The predicted octanol–water partition coefficient (Wildman–Crippen LogP) is 4.60. The summed E-state index contributed by atoms with van der Waals surface area (Å²) in [6.45, 7) is 0.522. The van der Waals surface area contributed by atoms with Gasteiger partial charge >= 0.3 is 0 Å². The number of aliphatic imine (C=N–C) groups is 1. The number of nitrogens with zero attached hydrogens (tertiary/aromatic N) is 1. The van der Waals surface area contributed by atoms with Crippen molar-refractivity contribution in [2.45, 2.75) is 6.61 Å². The monoisotopic (exact) mass is 341 g/mol. The standard InChI is InChI=1S/C18H15NO2S2/c1-22-18-19-17(20)16(23-18)11-13-7-9-14(10-8-13)12-21-15-5-3-2-4-6-15/h2-11H,12H2,1H3/b16-11-. The third-order valence-electron chi connectivity index (χ3n) is 3.20. The summed E-state index contributed by atoms with van der Waals surface area (Å²) < 4.78 is 6.52. The van der Waals surface area contributed by atoms with Crippen molar-refractivity contribution in [3.8, 4) is 5.75 Å². The second-order valence-corrected chi connectivity index (χ2v) is 6.92. The van der Waals surface area contributed by atoms with Crippen molar-refractivity contribution in [2.75, 3.05) is 6.26 Å². The zero-order chi connectivity index (χ0) is 16.1. The minimum Gasteiger partial charge on any atom is -0.489 e. The van der Waals surface area contributed by atoms with Gasteiger partial charge in [0, 0.05) is 0 Å². The summed E-state index contributed by atoms with van der Waals surface area (Å²) >= 11 is 2.92. The average molecular weight is 341 g/mol. The van der Waals surface area contributed by atoms with E-state index in [9.17, 15) is 4.79 Å². The third-order valence-corrected chi connectivity index (χ3v) is 5.17. The maximum atomic E-state index is 11.8. The molecule has 0 fully saturated rings. The number of carbonyl (C=O) groups excluding carboxylic acids is 1. The quantitative estimate of drug-likeness (QED) is 0.762. The molecule has 0 radical (unpaired) electrons. The number of benzene rings is 2. The van der Waals surface area contributed by atoms with Crippen LogP contribution in [0.1, 0.15) is 11.1 Å². The van der Waals surface area contributed by atoms with E-state index in [-0.39, 0.29) is 5.91 Å². The van der Waals surface area contributed by atoms with Gasteiger partial charge in [-0.25, -0.2) is 0 Å². The van der Waals surface area contributed by atoms with Gasteiger partial charge in [-0.3, -0.25) is 4.79 Å². The fourth-order valence-corrected chi connectivity index (χ4v) is 3.44. The molecule has 0 aromatic heterocycles. The largest absolute Gasteiger partial charge is 0.489 e. The van der Waals surface area contributed by atoms with E-state index in [2.05, 4.69) is 4.99 Å². The molecule has 0 atom stereocenters. The highest BCUT2D eigenvalue weighted by molar-refractivity contribution is 8.40. The Morgan fingerprint density at radius 3 is 2.52 bits per heavy atom. The summed E-state index contributed by atoms with van der Waals surface area (Å²) in [4.78, 5) is 16.4. The van der Waals surface area contributed by atoms with E-state index in [4.69, 9.17) is 4.74 Å². The zero-order valence-corrected chi connectivity index (χ0v) is 14.2. The van der Waals surface area contributed by atoms with E-state index < -0.39 is 0 Å². The van der Waals surface area contributed by atoms with Crippen LogP contribution in [0.15, 0.2) is 64.5 Å². The summed E-state index contributed by atoms with van der Waals surface area (Å²) in [5.74, 6) is 0.698. The highest BCUT2D eigenvalue weighted by atomic mass is 32.2. The Morgan fingerprint density at radius 2 is 1.87 bits per heavy atom. The van der Waals surface area contributed by atoms with Crippen LogP contribution in [0.25, 0.3) is 6.08 Å². The molecule has 0 bridgehead atoms. The molecule has 1 aliphatic rings. The fraction of sp³-hybridized carbons (Fsp3) is 0.111. The zero-order valence-electron chi connectivity index (χ0n) is 12.6. The van der Waals surface area contributed by atoms with Crippen molar-refractivity contribution >= 4 is 39.9 Å². The van der Waals surface area contributed by atoms with Crippen molar-refractivity contribution < 1.29 is 9.53 Å². The summed E-state index contributed by atoms with van der Waals surface area (Å²) in [5, 5.41) is 0. The number of thioether (sulfide) groups is 2. The predicted molar refractivity (Wildman–Crippen MR) is 98.7 cm³/mol. The van der Waals surface area contributed by atoms with Crippen LogP contribution in [0.3, 0.4) is 0 Å². The van der Waals surface area contributed by atoms with E-state index in [1.165, 1.54) is 23.5 Å². The van der Waals surface area contributed by atoms with Gasteiger partial charge in [0.25, 0.3) is 5.91 Å². The number of amides is 1. The van der Waals surface area contributed by atoms with Crippen molar-refractivity contribution in [1.82, 2.24) is 0 Å². The molecule has 5 heteroatoms. The number of hydrogen-bond donors (Lipinski definition) is 0. The first kappa shape index (κ1) is 15.9. The molecule has 0 saturated carbocycles. The Hall–Kier alpha value is -1.98. The highest BCUT2D eigenvalue weighted by Crippen LogP contribution is 2.32. The Labute approximate surface area is 143 Å². The molecular formula is C18H15NO2S2. The molecule has 0 aliphatic carbocycles. The van der Waals surface area contributed by atoms with Crippen LogP contribution in [0, 0.1) is 0 Å². The van der Waals surface area contributed by atoms with Gasteiger partial charge in [0.05, 0.1) is 4.91 Å². The van der Waals surface area contributed by atoms with E-state index in [1.54, 1.807) is 0 Å². The van der Waals surface area contributed by atoms with Crippen LogP contribution >= 0.6 is 23.5 Å². The number of rotatable bonds is 4. The van der Waals surface area contributed by atoms with Gasteiger partial charge in [-0.2, -0.15) is 4.99 Å². The number of hydrogen-bond acceptors (Lipinski definition) is 4. The molecule has 1 heterocycles.